The first-order chi connectivity index (χ1) is 13.9. The molecule has 1 aromatic carbocycles. The van der Waals surface area contributed by atoms with E-state index < -0.39 is 12.5 Å². The zero-order valence-electron chi connectivity index (χ0n) is 16.9. The summed E-state index contributed by atoms with van der Waals surface area (Å²) < 4.78 is 28.7. The van der Waals surface area contributed by atoms with Crippen molar-refractivity contribution in [2.45, 2.75) is 58.0 Å². The van der Waals surface area contributed by atoms with E-state index in [9.17, 15) is 13.6 Å². The Morgan fingerprint density at radius 2 is 1.97 bits per heavy atom. The third-order valence-electron chi connectivity index (χ3n) is 6.36. The highest BCUT2D eigenvalue weighted by Crippen LogP contribution is 2.37. The van der Waals surface area contributed by atoms with E-state index in [0.29, 0.717) is 31.7 Å². The molecule has 0 radical (unpaired) electrons. The van der Waals surface area contributed by atoms with Crippen molar-refractivity contribution in [1.29, 1.82) is 0 Å². The Morgan fingerprint density at radius 1 is 1.24 bits per heavy atom. The number of carbonyl (C=O) groups excluding carboxylic acids is 1. The highest BCUT2D eigenvalue weighted by atomic mass is 19.3. The second-order valence-electron chi connectivity index (χ2n) is 8.33. The number of halogens is 2. The first kappa shape index (κ1) is 19.9. The maximum absolute atomic E-state index is 13.6. The van der Waals surface area contributed by atoms with Gasteiger partial charge in [0.15, 0.2) is 0 Å². The molecule has 7 heteroatoms. The molecule has 0 unspecified atom stereocenters. The summed E-state index contributed by atoms with van der Waals surface area (Å²) in [5.74, 6) is 1.11. The summed E-state index contributed by atoms with van der Waals surface area (Å²) in [6, 6.07) is 8.91. The van der Waals surface area contributed by atoms with E-state index in [0.717, 1.165) is 29.7 Å². The maximum atomic E-state index is 13.6. The number of amides is 1. The van der Waals surface area contributed by atoms with Gasteiger partial charge in [0.25, 0.3) is 6.43 Å². The molecule has 29 heavy (non-hydrogen) atoms. The van der Waals surface area contributed by atoms with Crippen LogP contribution in [0.3, 0.4) is 0 Å². The standard InChI is InChI=1S/C22H28F2N4O/c1-14-5-3-4-6-17(14)12-21(29)27-9-7-16(8-10-27)18-13-19(22(23)24)28-20(25-18)11-15(2)26-28/h3-6,11,16,18-19,22,25H,7-10,12-13H2,1-2H3/t18-,19+/m0/s1. The number of nitrogens with zero attached hydrogens (tertiary/aromatic N) is 3. The van der Waals surface area contributed by atoms with Gasteiger partial charge in [-0.1, -0.05) is 24.3 Å². The smallest absolute Gasteiger partial charge is 0.260 e. The largest absolute Gasteiger partial charge is 0.367 e. The number of benzene rings is 1. The number of piperidine rings is 1. The molecule has 0 spiro atoms. The average molecular weight is 402 g/mol. The molecule has 2 aliphatic heterocycles. The fraction of sp³-hybridized carbons (Fsp3) is 0.545. The van der Waals surface area contributed by atoms with Crippen molar-refractivity contribution in [3.63, 3.8) is 0 Å². The van der Waals surface area contributed by atoms with Crippen molar-refractivity contribution in [3.05, 3.63) is 47.2 Å². The van der Waals surface area contributed by atoms with Gasteiger partial charge in [-0.3, -0.25) is 4.79 Å². The van der Waals surface area contributed by atoms with Gasteiger partial charge in [-0.05, 0) is 50.2 Å². The first-order valence-corrected chi connectivity index (χ1v) is 10.4. The lowest BCUT2D eigenvalue weighted by Gasteiger charge is -2.40. The van der Waals surface area contributed by atoms with E-state index in [1.165, 1.54) is 4.68 Å². The number of anilines is 1. The van der Waals surface area contributed by atoms with Crippen LogP contribution in [0.4, 0.5) is 14.6 Å². The van der Waals surface area contributed by atoms with Crippen molar-refractivity contribution in [3.8, 4) is 0 Å². The lowest BCUT2D eigenvalue weighted by molar-refractivity contribution is -0.132. The van der Waals surface area contributed by atoms with Crippen LogP contribution < -0.4 is 5.32 Å². The van der Waals surface area contributed by atoms with Gasteiger partial charge in [-0.25, -0.2) is 13.5 Å². The van der Waals surface area contributed by atoms with Gasteiger partial charge in [0.1, 0.15) is 11.9 Å². The number of likely N-dealkylation sites (tertiary alicyclic amines) is 1. The normalized spacial score (nSPS) is 22.4. The van der Waals surface area contributed by atoms with Gasteiger partial charge in [0.05, 0.1) is 12.1 Å². The second kappa shape index (κ2) is 8.13. The molecule has 0 saturated carbocycles. The predicted octanol–water partition coefficient (Wildman–Crippen LogP) is 3.97. The van der Waals surface area contributed by atoms with E-state index >= 15 is 0 Å². The lowest BCUT2D eigenvalue weighted by atomic mass is 9.85. The Bertz CT molecular complexity index is 873. The van der Waals surface area contributed by atoms with E-state index in [1.807, 2.05) is 49.1 Å². The summed E-state index contributed by atoms with van der Waals surface area (Å²) in [5.41, 5.74) is 2.94. The second-order valence-corrected chi connectivity index (χ2v) is 8.33. The fourth-order valence-electron chi connectivity index (χ4n) is 4.64. The van der Waals surface area contributed by atoms with Crippen molar-refractivity contribution in [2.24, 2.45) is 5.92 Å². The number of hydrogen-bond donors (Lipinski definition) is 1. The molecule has 4 rings (SSSR count). The van der Waals surface area contributed by atoms with Crippen LogP contribution in [-0.4, -0.2) is 46.1 Å². The Morgan fingerprint density at radius 3 is 2.66 bits per heavy atom. The Kier molecular flexibility index (Phi) is 5.56. The quantitative estimate of drug-likeness (QED) is 0.842. The van der Waals surface area contributed by atoms with Crippen LogP contribution in [0.1, 0.15) is 42.1 Å². The summed E-state index contributed by atoms with van der Waals surface area (Å²) in [5, 5.41) is 7.66. The van der Waals surface area contributed by atoms with E-state index in [-0.39, 0.29) is 17.9 Å². The zero-order chi connectivity index (χ0) is 20.5. The number of aromatic nitrogens is 2. The molecule has 156 valence electrons. The number of aryl methyl sites for hydroxylation is 2. The number of carbonyl (C=O) groups is 1. The molecule has 2 atom stereocenters. The van der Waals surface area contributed by atoms with Crippen LogP contribution in [0, 0.1) is 19.8 Å². The number of nitrogens with one attached hydrogen (secondary N) is 1. The summed E-state index contributed by atoms with van der Waals surface area (Å²) in [6.07, 6.45) is 0.0208. The molecule has 1 amide bonds. The van der Waals surface area contributed by atoms with E-state index in [2.05, 4.69) is 10.4 Å². The van der Waals surface area contributed by atoms with Gasteiger partial charge in [0.2, 0.25) is 5.91 Å². The van der Waals surface area contributed by atoms with Crippen LogP contribution in [-0.2, 0) is 11.2 Å². The topological polar surface area (TPSA) is 50.2 Å². The Hall–Kier alpha value is -2.44. The molecule has 3 heterocycles. The molecular formula is C22H28F2N4O. The molecule has 2 aromatic rings. The summed E-state index contributed by atoms with van der Waals surface area (Å²) >= 11 is 0. The maximum Gasteiger partial charge on any atom is 0.260 e. The molecule has 1 N–H and O–H groups in total. The SMILES string of the molecule is Cc1cc2n(n1)[C@@H](C(F)F)C[C@@H](C1CCN(C(=O)Cc3ccccc3C)CC1)N2. The molecular weight excluding hydrogens is 374 g/mol. The van der Waals surface area contributed by atoms with Gasteiger partial charge < -0.3 is 10.2 Å². The summed E-state index contributed by atoms with van der Waals surface area (Å²) in [7, 11) is 0. The minimum Gasteiger partial charge on any atom is -0.367 e. The van der Waals surface area contributed by atoms with Crippen molar-refractivity contribution in [1.82, 2.24) is 14.7 Å². The molecule has 1 saturated heterocycles. The lowest BCUT2D eigenvalue weighted by Crippen LogP contribution is -2.46. The van der Waals surface area contributed by atoms with Gasteiger partial charge in [-0.15, -0.1) is 0 Å². The van der Waals surface area contributed by atoms with Gasteiger partial charge >= 0.3 is 0 Å². The monoisotopic (exact) mass is 402 g/mol. The molecule has 1 fully saturated rings. The van der Waals surface area contributed by atoms with Crippen LogP contribution in [0.25, 0.3) is 0 Å². The minimum absolute atomic E-state index is 0.00813. The number of hydrogen-bond acceptors (Lipinski definition) is 3. The van der Waals surface area contributed by atoms with Gasteiger partial charge in [-0.2, -0.15) is 5.10 Å². The third kappa shape index (κ3) is 4.14. The van der Waals surface area contributed by atoms with Crippen molar-refractivity contribution >= 4 is 11.7 Å². The molecule has 0 bridgehead atoms. The minimum atomic E-state index is -2.44. The Labute approximate surface area is 170 Å². The summed E-state index contributed by atoms with van der Waals surface area (Å²) in [6.45, 7) is 5.22. The van der Waals surface area contributed by atoms with Crippen LogP contribution in [0.5, 0.6) is 0 Å². The third-order valence-corrected chi connectivity index (χ3v) is 6.36. The highest BCUT2D eigenvalue weighted by molar-refractivity contribution is 5.79. The average Bonchev–Trinajstić information content (AvgIpc) is 3.09. The van der Waals surface area contributed by atoms with Crippen molar-refractivity contribution < 1.29 is 13.6 Å². The number of alkyl halides is 2. The number of rotatable bonds is 4. The van der Waals surface area contributed by atoms with Crippen LogP contribution in [0.15, 0.2) is 30.3 Å². The predicted molar refractivity (Wildman–Crippen MR) is 108 cm³/mol. The first-order valence-electron chi connectivity index (χ1n) is 10.4. The van der Waals surface area contributed by atoms with Crippen molar-refractivity contribution in [2.75, 3.05) is 18.4 Å². The molecule has 5 nitrogen and oxygen atoms in total. The Balaban J connectivity index is 1.37. The molecule has 1 aromatic heterocycles. The van der Waals surface area contributed by atoms with Gasteiger partial charge in [0, 0.05) is 25.2 Å². The fourth-order valence-corrected chi connectivity index (χ4v) is 4.64. The van der Waals surface area contributed by atoms with Crippen LogP contribution in [0.2, 0.25) is 0 Å². The molecule has 2 aliphatic rings. The highest BCUT2D eigenvalue weighted by Gasteiger charge is 2.38. The van der Waals surface area contributed by atoms with E-state index in [1.54, 1.807) is 0 Å². The summed E-state index contributed by atoms with van der Waals surface area (Å²) in [4.78, 5) is 14.6. The van der Waals surface area contributed by atoms with Crippen LogP contribution >= 0.6 is 0 Å². The number of fused-ring (bicyclic) bond motifs is 1. The molecule has 0 aliphatic carbocycles. The van der Waals surface area contributed by atoms with E-state index in [4.69, 9.17) is 0 Å². The zero-order valence-corrected chi connectivity index (χ0v) is 16.9.